The molecule has 1 aromatic heterocycles. The number of amides is 1. The molecule has 1 spiro atoms. The number of aromatic nitrogens is 1. The number of sulfonamides is 1. The molecule has 3 heterocycles. The number of carbonyl (C=O) groups excluding carboxylic acids is 1. The van der Waals surface area contributed by atoms with Crippen LogP contribution >= 0.6 is 0 Å². The molecule has 7 heteroatoms. The fourth-order valence-electron chi connectivity index (χ4n) is 3.72. The molecule has 0 aliphatic carbocycles. The van der Waals surface area contributed by atoms with Crippen LogP contribution < -0.4 is 0 Å². The largest absolute Gasteiger partial charge is 0.342 e. The van der Waals surface area contributed by atoms with Crippen LogP contribution in [-0.2, 0) is 21.2 Å². The van der Waals surface area contributed by atoms with Crippen molar-refractivity contribution < 1.29 is 13.2 Å². The van der Waals surface area contributed by atoms with Gasteiger partial charge >= 0.3 is 0 Å². The van der Waals surface area contributed by atoms with Crippen LogP contribution in [0.25, 0.3) is 0 Å². The minimum Gasteiger partial charge on any atom is -0.342 e. The van der Waals surface area contributed by atoms with Crippen molar-refractivity contribution in [3.8, 4) is 0 Å². The lowest BCUT2D eigenvalue weighted by Gasteiger charge is -2.40. The second-order valence-electron chi connectivity index (χ2n) is 6.80. The van der Waals surface area contributed by atoms with Crippen LogP contribution in [-0.4, -0.2) is 60.9 Å². The fourth-order valence-corrected chi connectivity index (χ4v) is 4.65. The maximum Gasteiger partial charge on any atom is 0.227 e. The molecule has 0 saturated carbocycles. The van der Waals surface area contributed by atoms with Gasteiger partial charge in [-0.1, -0.05) is 6.07 Å². The van der Waals surface area contributed by atoms with Gasteiger partial charge in [-0.2, -0.15) is 0 Å². The summed E-state index contributed by atoms with van der Waals surface area (Å²) < 4.78 is 25.1. The van der Waals surface area contributed by atoms with Gasteiger partial charge in [-0.15, -0.1) is 0 Å². The number of carbonyl (C=O) groups is 1. The topological polar surface area (TPSA) is 70.6 Å². The van der Waals surface area contributed by atoms with Gasteiger partial charge in [0.25, 0.3) is 0 Å². The molecule has 1 atom stereocenters. The number of hydrogen-bond acceptors (Lipinski definition) is 4. The molecule has 0 N–H and O–H groups in total. The van der Waals surface area contributed by atoms with Gasteiger partial charge < -0.3 is 4.90 Å². The summed E-state index contributed by atoms with van der Waals surface area (Å²) in [6.07, 6.45) is 7.82. The van der Waals surface area contributed by atoms with Gasteiger partial charge in [-0.05, 0) is 30.9 Å². The minimum atomic E-state index is -3.14. The number of piperidine rings is 1. The number of rotatable bonds is 3. The highest BCUT2D eigenvalue weighted by Gasteiger charge is 2.44. The Morgan fingerprint density at radius 1 is 1.30 bits per heavy atom. The summed E-state index contributed by atoms with van der Waals surface area (Å²) in [6, 6.07) is 3.74. The monoisotopic (exact) mass is 337 g/mol. The van der Waals surface area contributed by atoms with Crippen LogP contribution in [0.15, 0.2) is 24.5 Å². The Bertz CT molecular complexity index is 677. The molecule has 0 radical (unpaired) electrons. The van der Waals surface area contributed by atoms with Crippen LogP contribution in [0, 0.1) is 5.41 Å². The van der Waals surface area contributed by atoms with E-state index >= 15 is 0 Å². The Balaban J connectivity index is 1.66. The van der Waals surface area contributed by atoms with Gasteiger partial charge in [0.05, 0.1) is 12.7 Å². The van der Waals surface area contributed by atoms with E-state index in [0.29, 0.717) is 26.1 Å². The average Bonchev–Trinajstić information content (AvgIpc) is 2.92. The summed E-state index contributed by atoms with van der Waals surface area (Å²) in [5.74, 6) is 0.106. The second-order valence-corrected chi connectivity index (χ2v) is 8.79. The van der Waals surface area contributed by atoms with Crippen molar-refractivity contribution in [2.24, 2.45) is 5.41 Å². The van der Waals surface area contributed by atoms with Crippen LogP contribution in [0.5, 0.6) is 0 Å². The van der Waals surface area contributed by atoms with E-state index in [0.717, 1.165) is 31.4 Å². The third-order valence-electron chi connectivity index (χ3n) is 4.96. The highest BCUT2D eigenvalue weighted by atomic mass is 32.2. The molecule has 0 aromatic carbocycles. The van der Waals surface area contributed by atoms with E-state index in [9.17, 15) is 13.2 Å². The van der Waals surface area contributed by atoms with Crippen LogP contribution in [0.3, 0.4) is 0 Å². The normalized spacial score (nSPS) is 25.9. The van der Waals surface area contributed by atoms with Gasteiger partial charge in [0.2, 0.25) is 15.9 Å². The molecule has 1 unspecified atom stereocenters. The molecular weight excluding hydrogens is 314 g/mol. The Morgan fingerprint density at radius 3 is 2.78 bits per heavy atom. The highest BCUT2D eigenvalue weighted by Crippen LogP contribution is 2.39. The second kappa shape index (κ2) is 6.20. The fraction of sp³-hybridized carbons (Fsp3) is 0.625. The van der Waals surface area contributed by atoms with E-state index in [1.807, 2.05) is 17.0 Å². The number of hydrogen-bond donors (Lipinski definition) is 0. The Morgan fingerprint density at radius 2 is 2.13 bits per heavy atom. The molecule has 3 rings (SSSR count). The molecule has 2 fully saturated rings. The number of nitrogens with zero attached hydrogens (tertiary/aromatic N) is 3. The lowest BCUT2D eigenvalue weighted by Crippen LogP contribution is -2.48. The molecule has 126 valence electrons. The average molecular weight is 337 g/mol. The Labute approximate surface area is 137 Å². The number of pyridine rings is 1. The Hall–Kier alpha value is -1.47. The minimum absolute atomic E-state index is 0.0636. The smallest absolute Gasteiger partial charge is 0.227 e. The van der Waals surface area contributed by atoms with E-state index in [1.54, 1.807) is 16.7 Å². The van der Waals surface area contributed by atoms with Crippen molar-refractivity contribution in [1.82, 2.24) is 14.2 Å². The van der Waals surface area contributed by atoms with Crippen LogP contribution in [0.1, 0.15) is 24.8 Å². The van der Waals surface area contributed by atoms with Gasteiger partial charge in [0.15, 0.2) is 0 Å². The summed E-state index contributed by atoms with van der Waals surface area (Å²) >= 11 is 0. The maximum absolute atomic E-state index is 12.6. The summed E-state index contributed by atoms with van der Waals surface area (Å²) in [5.41, 5.74) is 0.854. The van der Waals surface area contributed by atoms with E-state index in [2.05, 4.69) is 4.98 Å². The SMILES string of the molecule is CS(=O)(=O)N1CCC2(CCCN(C(=O)Cc3cccnc3)C2)C1. The van der Waals surface area contributed by atoms with Crippen molar-refractivity contribution in [3.63, 3.8) is 0 Å². The van der Waals surface area contributed by atoms with Crippen LogP contribution in [0.2, 0.25) is 0 Å². The molecule has 0 bridgehead atoms. The molecule has 6 nitrogen and oxygen atoms in total. The van der Waals surface area contributed by atoms with E-state index in [4.69, 9.17) is 0 Å². The Kier molecular flexibility index (Phi) is 4.42. The molecule has 23 heavy (non-hydrogen) atoms. The molecule has 2 aliphatic heterocycles. The summed E-state index contributed by atoms with van der Waals surface area (Å²) in [6.45, 7) is 2.55. The molecular formula is C16H23N3O3S. The predicted molar refractivity (Wildman–Crippen MR) is 87.2 cm³/mol. The maximum atomic E-state index is 12.6. The third kappa shape index (κ3) is 3.72. The summed E-state index contributed by atoms with van der Waals surface area (Å²) in [7, 11) is -3.14. The van der Waals surface area contributed by atoms with E-state index in [-0.39, 0.29) is 11.3 Å². The highest BCUT2D eigenvalue weighted by molar-refractivity contribution is 7.88. The predicted octanol–water partition coefficient (Wildman–Crippen LogP) is 0.898. The quantitative estimate of drug-likeness (QED) is 0.822. The third-order valence-corrected chi connectivity index (χ3v) is 6.21. The van der Waals surface area contributed by atoms with Crippen molar-refractivity contribution in [3.05, 3.63) is 30.1 Å². The molecule has 1 amide bonds. The van der Waals surface area contributed by atoms with Crippen molar-refractivity contribution in [2.45, 2.75) is 25.7 Å². The first-order valence-electron chi connectivity index (χ1n) is 8.00. The van der Waals surface area contributed by atoms with Gasteiger partial charge in [-0.25, -0.2) is 12.7 Å². The first-order chi connectivity index (χ1) is 10.9. The number of likely N-dealkylation sites (tertiary alicyclic amines) is 1. The summed E-state index contributed by atoms with van der Waals surface area (Å²) in [5, 5.41) is 0. The van der Waals surface area contributed by atoms with Crippen molar-refractivity contribution in [2.75, 3.05) is 32.4 Å². The first kappa shape index (κ1) is 16.4. The molecule has 2 aliphatic rings. The van der Waals surface area contributed by atoms with Crippen LogP contribution in [0.4, 0.5) is 0 Å². The van der Waals surface area contributed by atoms with Gasteiger partial charge in [-0.3, -0.25) is 9.78 Å². The van der Waals surface area contributed by atoms with Gasteiger partial charge in [0.1, 0.15) is 0 Å². The zero-order valence-electron chi connectivity index (χ0n) is 13.4. The van der Waals surface area contributed by atoms with E-state index < -0.39 is 10.0 Å². The summed E-state index contributed by atoms with van der Waals surface area (Å²) in [4.78, 5) is 18.5. The first-order valence-corrected chi connectivity index (χ1v) is 9.85. The van der Waals surface area contributed by atoms with Gasteiger partial charge in [0, 0.05) is 44.0 Å². The standard InChI is InChI=1S/C16H23N3O3S/c1-23(21,22)19-9-6-16(13-19)5-3-8-18(12-16)15(20)10-14-4-2-7-17-11-14/h2,4,7,11H,3,5-6,8-10,12-13H2,1H3. The molecule has 2 saturated heterocycles. The zero-order chi connectivity index (χ0) is 16.5. The zero-order valence-corrected chi connectivity index (χ0v) is 14.3. The lowest BCUT2D eigenvalue weighted by molar-refractivity contribution is -0.133. The van der Waals surface area contributed by atoms with E-state index in [1.165, 1.54) is 6.26 Å². The lowest BCUT2D eigenvalue weighted by atomic mass is 9.79. The molecule has 1 aromatic rings. The van der Waals surface area contributed by atoms with Crippen molar-refractivity contribution in [1.29, 1.82) is 0 Å². The van der Waals surface area contributed by atoms with Crippen molar-refractivity contribution >= 4 is 15.9 Å².